The van der Waals surface area contributed by atoms with Gasteiger partial charge < -0.3 is 0 Å². The molecule has 4 heteroatoms. The van der Waals surface area contributed by atoms with Gasteiger partial charge in [0.25, 0.3) is 0 Å². The first-order valence-electron chi connectivity index (χ1n) is 3.91. The van der Waals surface area contributed by atoms with Gasteiger partial charge in [-0.3, -0.25) is 0 Å². The largest absolute Gasteiger partial charge is 0.240 e. The van der Waals surface area contributed by atoms with Gasteiger partial charge in [-0.1, -0.05) is 25.4 Å². The van der Waals surface area contributed by atoms with E-state index in [4.69, 9.17) is 11.6 Å². The molecule has 0 spiro atoms. The minimum atomic E-state index is 0.715. The van der Waals surface area contributed by atoms with E-state index in [9.17, 15) is 0 Å². The first-order chi connectivity index (χ1) is 5.79. The second kappa shape index (κ2) is 4.67. The zero-order valence-corrected chi connectivity index (χ0v) is 8.74. The number of rotatable bonds is 3. The molecule has 0 aromatic carbocycles. The van der Waals surface area contributed by atoms with Crippen LogP contribution in [-0.2, 0) is 6.42 Å². The summed E-state index contributed by atoms with van der Waals surface area (Å²) in [6.07, 6.45) is 2.43. The third kappa shape index (κ3) is 2.11. The highest BCUT2D eigenvalue weighted by molar-refractivity contribution is 7.99. The van der Waals surface area contributed by atoms with Gasteiger partial charge in [-0.05, 0) is 12.2 Å². The van der Waals surface area contributed by atoms with E-state index >= 15 is 0 Å². The van der Waals surface area contributed by atoms with Gasteiger partial charge in [-0.25, -0.2) is 9.97 Å². The highest BCUT2D eigenvalue weighted by atomic mass is 35.5. The fourth-order valence-electron chi connectivity index (χ4n) is 0.872. The summed E-state index contributed by atoms with van der Waals surface area (Å²) >= 11 is 7.69. The van der Waals surface area contributed by atoms with Crippen LogP contribution in [0.2, 0.25) is 5.02 Å². The number of thioether (sulfide) groups is 1. The third-order valence-corrected chi connectivity index (χ3v) is 2.83. The van der Waals surface area contributed by atoms with Gasteiger partial charge in [-0.15, -0.1) is 11.8 Å². The molecule has 0 radical (unpaired) electrons. The molecule has 66 valence electrons. The molecule has 12 heavy (non-hydrogen) atoms. The maximum absolute atomic E-state index is 6.04. The number of hydrogen-bond acceptors (Lipinski definition) is 3. The Labute approximate surface area is 81.8 Å². The molecule has 0 amide bonds. The summed E-state index contributed by atoms with van der Waals surface area (Å²) in [7, 11) is 0. The van der Waals surface area contributed by atoms with Gasteiger partial charge >= 0.3 is 0 Å². The lowest BCUT2D eigenvalue weighted by Crippen LogP contribution is -1.93. The fourth-order valence-corrected chi connectivity index (χ4v) is 1.91. The molecule has 0 N–H and O–H groups in total. The Balaban J connectivity index is 2.97. The van der Waals surface area contributed by atoms with Gasteiger partial charge in [0.05, 0.1) is 10.7 Å². The van der Waals surface area contributed by atoms with Crippen molar-refractivity contribution in [3.8, 4) is 0 Å². The van der Waals surface area contributed by atoms with Crippen LogP contribution < -0.4 is 0 Å². The van der Waals surface area contributed by atoms with Crippen LogP contribution in [-0.4, -0.2) is 15.7 Å². The average Bonchev–Trinajstić information content (AvgIpc) is 2.09. The molecule has 1 aromatic rings. The standard InChI is InChI=1S/C8H11ClN2S/c1-3-6-7(9)8(12-4-2)11-5-10-6/h5H,3-4H2,1-2H3. The smallest absolute Gasteiger partial charge is 0.118 e. The predicted molar refractivity (Wildman–Crippen MR) is 52.8 cm³/mol. The van der Waals surface area contributed by atoms with Crippen LogP contribution in [0.4, 0.5) is 0 Å². The summed E-state index contributed by atoms with van der Waals surface area (Å²) in [5.74, 6) is 0.986. The molecular formula is C8H11ClN2S. The molecule has 0 saturated heterocycles. The van der Waals surface area contributed by atoms with Crippen LogP contribution >= 0.6 is 23.4 Å². The van der Waals surface area contributed by atoms with Crippen molar-refractivity contribution in [3.63, 3.8) is 0 Å². The summed E-state index contributed by atoms with van der Waals surface area (Å²) in [5, 5.41) is 1.61. The molecule has 0 aliphatic rings. The maximum Gasteiger partial charge on any atom is 0.118 e. The molecule has 1 aromatic heterocycles. The number of hydrogen-bond donors (Lipinski definition) is 0. The molecule has 1 rings (SSSR count). The second-order valence-electron chi connectivity index (χ2n) is 2.23. The van der Waals surface area contributed by atoms with Crippen molar-refractivity contribution in [2.45, 2.75) is 25.3 Å². The zero-order valence-electron chi connectivity index (χ0n) is 7.17. The first-order valence-corrected chi connectivity index (χ1v) is 5.28. The lowest BCUT2D eigenvalue weighted by atomic mass is 10.3. The number of aryl methyl sites for hydroxylation is 1. The quantitative estimate of drug-likeness (QED) is 0.557. The Bertz CT molecular complexity index is 265. The van der Waals surface area contributed by atoms with Crippen LogP contribution in [0.25, 0.3) is 0 Å². The van der Waals surface area contributed by atoms with Crippen LogP contribution in [0.15, 0.2) is 11.4 Å². The van der Waals surface area contributed by atoms with Crippen molar-refractivity contribution in [2.75, 3.05) is 5.75 Å². The molecule has 0 bridgehead atoms. The van der Waals surface area contributed by atoms with Gasteiger partial charge in [-0.2, -0.15) is 0 Å². The van der Waals surface area contributed by atoms with Crippen molar-refractivity contribution < 1.29 is 0 Å². The SMILES string of the molecule is CCSc1ncnc(CC)c1Cl. The van der Waals surface area contributed by atoms with Gasteiger partial charge in [0.1, 0.15) is 11.4 Å². The van der Waals surface area contributed by atoms with Crippen molar-refractivity contribution in [3.05, 3.63) is 17.0 Å². The van der Waals surface area contributed by atoms with Crippen LogP contribution in [0.3, 0.4) is 0 Å². The molecule has 2 nitrogen and oxygen atoms in total. The van der Waals surface area contributed by atoms with E-state index in [1.807, 2.05) is 6.92 Å². The Morgan fingerprint density at radius 1 is 1.42 bits per heavy atom. The molecule has 0 saturated carbocycles. The molecule has 0 unspecified atom stereocenters. The second-order valence-corrected chi connectivity index (χ2v) is 3.86. The summed E-state index contributed by atoms with van der Waals surface area (Å²) in [6, 6.07) is 0. The van der Waals surface area contributed by atoms with Crippen molar-refractivity contribution >= 4 is 23.4 Å². The number of aromatic nitrogens is 2. The van der Waals surface area contributed by atoms with Gasteiger partial charge in [0.15, 0.2) is 0 Å². The normalized spacial score (nSPS) is 10.2. The summed E-state index contributed by atoms with van der Waals surface area (Å²) < 4.78 is 0. The van der Waals surface area contributed by atoms with E-state index in [0.717, 1.165) is 22.9 Å². The monoisotopic (exact) mass is 202 g/mol. The Kier molecular flexibility index (Phi) is 3.82. The lowest BCUT2D eigenvalue weighted by Gasteiger charge is -2.03. The molecule has 0 atom stereocenters. The molecule has 0 fully saturated rings. The molecule has 0 aliphatic heterocycles. The Hall–Kier alpha value is -0.280. The molecule has 0 aliphatic carbocycles. The van der Waals surface area contributed by atoms with Crippen molar-refractivity contribution in [1.82, 2.24) is 9.97 Å². The topological polar surface area (TPSA) is 25.8 Å². The van der Waals surface area contributed by atoms with Crippen LogP contribution in [0.1, 0.15) is 19.5 Å². The highest BCUT2D eigenvalue weighted by Crippen LogP contribution is 2.26. The predicted octanol–water partition coefficient (Wildman–Crippen LogP) is 2.80. The van der Waals surface area contributed by atoms with E-state index in [1.165, 1.54) is 0 Å². The summed E-state index contributed by atoms with van der Waals surface area (Å²) in [5.41, 5.74) is 0.933. The van der Waals surface area contributed by atoms with E-state index in [1.54, 1.807) is 18.1 Å². The average molecular weight is 203 g/mol. The molecule has 1 heterocycles. The summed E-state index contributed by atoms with van der Waals surface area (Å²) in [4.78, 5) is 8.18. The van der Waals surface area contributed by atoms with Gasteiger partial charge in [0, 0.05) is 0 Å². The highest BCUT2D eigenvalue weighted by Gasteiger charge is 2.06. The van der Waals surface area contributed by atoms with Crippen molar-refractivity contribution in [2.24, 2.45) is 0 Å². The zero-order chi connectivity index (χ0) is 8.97. The van der Waals surface area contributed by atoms with E-state index < -0.39 is 0 Å². The number of halogens is 1. The van der Waals surface area contributed by atoms with Crippen LogP contribution in [0, 0.1) is 0 Å². The van der Waals surface area contributed by atoms with Crippen LogP contribution in [0.5, 0.6) is 0 Å². The Morgan fingerprint density at radius 3 is 2.75 bits per heavy atom. The fraction of sp³-hybridized carbons (Fsp3) is 0.500. The summed E-state index contributed by atoms with van der Waals surface area (Å²) in [6.45, 7) is 4.11. The number of nitrogens with zero attached hydrogens (tertiary/aromatic N) is 2. The van der Waals surface area contributed by atoms with E-state index in [0.29, 0.717) is 5.02 Å². The van der Waals surface area contributed by atoms with Crippen molar-refractivity contribution in [1.29, 1.82) is 0 Å². The van der Waals surface area contributed by atoms with E-state index in [2.05, 4.69) is 16.9 Å². The third-order valence-electron chi connectivity index (χ3n) is 1.45. The Morgan fingerprint density at radius 2 is 2.17 bits per heavy atom. The maximum atomic E-state index is 6.04. The molecular weight excluding hydrogens is 192 g/mol. The van der Waals surface area contributed by atoms with E-state index in [-0.39, 0.29) is 0 Å². The minimum absolute atomic E-state index is 0.715. The lowest BCUT2D eigenvalue weighted by molar-refractivity contribution is 0.946. The van der Waals surface area contributed by atoms with Gasteiger partial charge in [0.2, 0.25) is 0 Å². The minimum Gasteiger partial charge on any atom is -0.240 e. The first kappa shape index (κ1) is 9.81.